The Morgan fingerprint density at radius 1 is 1.16 bits per heavy atom. The molecule has 1 aliphatic heterocycles. The second-order valence-electron chi connectivity index (χ2n) is 4.40. The molecule has 1 aromatic rings. The Hall–Kier alpha value is -1.92. The first kappa shape index (κ1) is 13.5. The monoisotopic (exact) mass is 273 g/mol. The molecule has 19 heavy (non-hydrogen) atoms. The number of alkyl halides is 3. The maximum Gasteiger partial charge on any atom is 0.418 e. The van der Waals surface area contributed by atoms with Crippen LogP contribution in [-0.4, -0.2) is 37.5 Å². The third kappa shape index (κ3) is 2.91. The maximum absolute atomic E-state index is 13.0. The fraction of sp³-hybridized carbons (Fsp3) is 0.417. The van der Waals surface area contributed by atoms with E-state index in [1.54, 1.807) is 9.80 Å². The van der Waals surface area contributed by atoms with Crippen molar-refractivity contribution < 1.29 is 18.0 Å². The zero-order valence-electron chi connectivity index (χ0n) is 10.2. The van der Waals surface area contributed by atoms with Gasteiger partial charge in [-0.15, -0.1) is 0 Å². The van der Waals surface area contributed by atoms with Crippen molar-refractivity contribution in [2.24, 2.45) is 0 Å². The van der Waals surface area contributed by atoms with E-state index in [0.29, 0.717) is 32.6 Å². The molecule has 1 heterocycles. The highest BCUT2D eigenvalue weighted by Gasteiger charge is 2.35. The second kappa shape index (κ2) is 4.99. The van der Waals surface area contributed by atoms with Crippen LogP contribution >= 0.6 is 0 Å². The number of carbonyl (C=O) groups excluding carboxylic acids is 1. The summed E-state index contributed by atoms with van der Waals surface area (Å²) < 4.78 is 38.9. The predicted octanol–water partition coefficient (Wildman–Crippen LogP) is 1.57. The Labute approximate surface area is 108 Å². The Morgan fingerprint density at radius 3 is 2.32 bits per heavy atom. The van der Waals surface area contributed by atoms with Gasteiger partial charge in [-0.3, -0.25) is 4.79 Å². The quantitative estimate of drug-likeness (QED) is 0.657. The SMILES string of the molecule is Nc1ccc(N2CCN(C=O)CC2)c(C(F)(F)F)c1. The van der Waals surface area contributed by atoms with Crippen LogP contribution in [-0.2, 0) is 11.0 Å². The molecule has 0 aliphatic carbocycles. The molecule has 0 unspecified atom stereocenters. The zero-order chi connectivity index (χ0) is 14.0. The number of halogens is 3. The number of anilines is 2. The highest BCUT2D eigenvalue weighted by Crippen LogP contribution is 2.38. The molecule has 0 aromatic heterocycles. The van der Waals surface area contributed by atoms with Crippen LogP contribution in [0.15, 0.2) is 18.2 Å². The lowest BCUT2D eigenvalue weighted by Crippen LogP contribution is -2.46. The molecule has 1 fully saturated rings. The van der Waals surface area contributed by atoms with Gasteiger partial charge in [0, 0.05) is 37.6 Å². The number of nitrogen functional groups attached to an aromatic ring is 1. The summed E-state index contributed by atoms with van der Waals surface area (Å²) in [5, 5.41) is 0. The summed E-state index contributed by atoms with van der Waals surface area (Å²) in [7, 11) is 0. The molecule has 2 N–H and O–H groups in total. The molecule has 0 bridgehead atoms. The van der Waals surface area contributed by atoms with Crippen molar-refractivity contribution >= 4 is 17.8 Å². The molecule has 0 spiro atoms. The molecule has 1 aromatic carbocycles. The third-order valence-electron chi connectivity index (χ3n) is 3.13. The number of hydrogen-bond acceptors (Lipinski definition) is 3. The molecule has 1 amide bonds. The topological polar surface area (TPSA) is 49.6 Å². The molecule has 104 valence electrons. The molecule has 1 aliphatic rings. The van der Waals surface area contributed by atoms with Crippen LogP contribution < -0.4 is 10.6 Å². The van der Waals surface area contributed by atoms with Crippen LogP contribution in [0.2, 0.25) is 0 Å². The van der Waals surface area contributed by atoms with Crippen LogP contribution in [0.3, 0.4) is 0 Å². The van der Waals surface area contributed by atoms with Gasteiger partial charge in [0.05, 0.1) is 5.56 Å². The Balaban J connectivity index is 2.28. The lowest BCUT2D eigenvalue weighted by atomic mass is 10.1. The van der Waals surface area contributed by atoms with E-state index in [1.807, 2.05) is 0 Å². The number of amides is 1. The first-order valence-electron chi connectivity index (χ1n) is 5.83. The average molecular weight is 273 g/mol. The molecule has 1 saturated heterocycles. The third-order valence-corrected chi connectivity index (χ3v) is 3.13. The van der Waals surface area contributed by atoms with Crippen molar-refractivity contribution in [3.05, 3.63) is 23.8 Å². The number of piperazine rings is 1. The van der Waals surface area contributed by atoms with Crippen molar-refractivity contribution in [1.82, 2.24) is 4.90 Å². The summed E-state index contributed by atoms with van der Waals surface area (Å²) in [5.74, 6) is 0. The van der Waals surface area contributed by atoms with E-state index in [1.165, 1.54) is 12.1 Å². The van der Waals surface area contributed by atoms with Crippen LogP contribution in [0.5, 0.6) is 0 Å². The van der Waals surface area contributed by atoms with Crippen LogP contribution in [0.25, 0.3) is 0 Å². The molecule has 0 radical (unpaired) electrons. The van der Waals surface area contributed by atoms with Gasteiger partial charge in [0.25, 0.3) is 0 Å². The fourth-order valence-electron chi connectivity index (χ4n) is 2.12. The standard InChI is InChI=1S/C12H14F3N3O/c13-12(14,15)10-7-9(16)1-2-11(10)18-5-3-17(8-19)4-6-18/h1-2,7-8H,3-6,16H2. The average Bonchev–Trinajstić information content (AvgIpc) is 2.38. The van der Waals surface area contributed by atoms with Crippen molar-refractivity contribution in [2.45, 2.75) is 6.18 Å². The minimum absolute atomic E-state index is 0.0857. The number of nitrogens with two attached hydrogens (primary N) is 1. The first-order valence-corrected chi connectivity index (χ1v) is 5.83. The van der Waals surface area contributed by atoms with E-state index >= 15 is 0 Å². The summed E-state index contributed by atoms with van der Waals surface area (Å²) >= 11 is 0. The molecular formula is C12H14F3N3O. The van der Waals surface area contributed by atoms with Crippen molar-refractivity contribution in [2.75, 3.05) is 36.8 Å². The van der Waals surface area contributed by atoms with Gasteiger partial charge in [0.1, 0.15) is 0 Å². The first-order chi connectivity index (χ1) is 8.91. The lowest BCUT2D eigenvalue weighted by Gasteiger charge is -2.35. The second-order valence-corrected chi connectivity index (χ2v) is 4.40. The van der Waals surface area contributed by atoms with Crippen LogP contribution in [0.4, 0.5) is 24.5 Å². The van der Waals surface area contributed by atoms with Gasteiger partial charge in [-0.05, 0) is 18.2 Å². The Kier molecular flexibility index (Phi) is 3.55. The van der Waals surface area contributed by atoms with Gasteiger partial charge in [0.2, 0.25) is 6.41 Å². The summed E-state index contributed by atoms with van der Waals surface area (Å²) in [6.07, 6.45) is -3.72. The van der Waals surface area contributed by atoms with Crippen molar-refractivity contribution in [1.29, 1.82) is 0 Å². The van der Waals surface area contributed by atoms with E-state index < -0.39 is 11.7 Å². The van der Waals surface area contributed by atoms with E-state index in [2.05, 4.69) is 0 Å². The number of hydrogen-bond donors (Lipinski definition) is 1. The predicted molar refractivity (Wildman–Crippen MR) is 65.7 cm³/mol. The number of benzene rings is 1. The lowest BCUT2D eigenvalue weighted by molar-refractivity contribution is -0.137. The molecule has 4 nitrogen and oxygen atoms in total. The molecule has 2 rings (SSSR count). The summed E-state index contributed by atoms with van der Waals surface area (Å²) in [6.45, 7) is 1.60. The van der Waals surface area contributed by atoms with E-state index in [0.717, 1.165) is 6.07 Å². The van der Waals surface area contributed by atoms with Gasteiger partial charge in [-0.2, -0.15) is 13.2 Å². The highest BCUT2D eigenvalue weighted by molar-refractivity contribution is 5.61. The van der Waals surface area contributed by atoms with Crippen LogP contribution in [0.1, 0.15) is 5.56 Å². The van der Waals surface area contributed by atoms with E-state index in [4.69, 9.17) is 5.73 Å². The van der Waals surface area contributed by atoms with Gasteiger partial charge < -0.3 is 15.5 Å². The molecule has 0 saturated carbocycles. The van der Waals surface area contributed by atoms with Crippen molar-refractivity contribution in [3.8, 4) is 0 Å². The zero-order valence-corrected chi connectivity index (χ0v) is 10.2. The number of carbonyl (C=O) groups is 1. The van der Waals surface area contributed by atoms with Gasteiger partial charge in [-0.1, -0.05) is 0 Å². The minimum Gasteiger partial charge on any atom is -0.399 e. The summed E-state index contributed by atoms with van der Waals surface area (Å²) in [4.78, 5) is 13.8. The molecule has 7 heteroatoms. The molecule has 0 atom stereocenters. The summed E-state index contributed by atoms with van der Waals surface area (Å²) in [5.41, 5.74) is 4.90. The fourth-order valence-corrected chi connectivity index (χ4v) is 2.12. The maximum atomic E-state index is 13.0. The molecular weight excluding hydrogens is 259 g/mol. The Bertz CT molecular complexity index is 468. The van der Waals surface area contributed by atoms with Gasteiger partial charge >= 0.3 is 6.18 Å². The van der Waals surface area contributed by atoms with E-state index in [-0.39, 0.29) is 11.4 Å². The number of rotatable bonds is 2. The largest absolute Gasteiger partial charge is 0.418 e. The summed E-state index contributed by atoms with van der Waals surface area (Å²) in [6, 6.07) is 3.78. The minimum atomic E-state index is -4.44. The normalized spacial score (nSPS) is 16.6. The number of nitrogens with zero attached hydrogens (tertiary/aromatic N) is 2. The van der Waals surface area contributed by atoms with E-state index in [9.17, 15) is 18.0 Å². The van der Waals surface area contributed by atoms with Gasteiger partial charge in [0.15, 0.2) is 0 Å². The van der Waals surface area contributed by atoms with Gasteiger partial charge in [-0.25, -0.2) is 0 Å². The highest BCUT2D eigenvalue weighted by atomic mass is 19.4. The smallest absolute Gasteiger partial charge is 0.399 e. The Morgan fingerprint density at radius 2 is 1.79 bits per heavy atom. The van der Waals surface area contributed by atoms with Crippen LogP contribution in [0, 0.1) is 0 Å². The van der Waals surface area contributed by atoms with Crippen molar-refractivity contribution in [3.63, 3.8) is 0 Å².